The molecule has 1 aliphatic carbocycles. The van der Waals surface area contributed by atoms with Gasteiger partial charge in [0, 0.05) is 27.5 Å². The topological polar surface area (TPSA) is 64.6 Å². The van der Waals surface area contributed by atoms with Gasteiger partial charge in [0.2, 0.25) is 0 Å². The third-order valence-corrected chi connectivity index (χ3v) is 13.7. The third-order valence-electron chi connectivity index (χ3n) is 10.6. The lowest BCUT2D eigenvalue weighted by Gasteiger charge is -2.41. The van der Waals surface area contributed by atoms with Crippen molar-refractivity contribution < 1.29 is 45.1 Å². The molecule has 2 aliphatic rings. The summed E-state index contributed by atoms with van der Waals surface area (Å²) in [6, 6.07) is 27.6. The van der Waals surface area contributed by atoms with Crippen LogP contribution in [0.1, 0.15) is 110 Å². The number of hydrogen-bond acceptors (Lipinski definition) is 7. The Morgan fingerprint density at radius 2 is 1.20 bits per heavy atom. The Morgan fingerprint density at radius 3 is 1.72 bits per heavy atom. The number of rotatable bonds is 11. The largest absolute Gasteiger partial charge is 0.681 e. The van der Waals surface area contributed by atoms with Crippen molar-refractivity contribution in [3.8, 4) is 28.4 Å². The second-order valence-corrected chi connectivity index (χ2v) is 21.1. The van der Waals surface area contributed by atoms with Crippen LogP contribution in [0.3, 0.4) is 0 Å². The molecule has 0 saturated heterocycles. The number of fused-ring (bicyclic) bond motifs is 8. The maximum absolute atomic E-state index is 14.0. The van der Waals surface area contributed by atoms with Crippen molar-refractivity contribution in [2.75, 3.05) is 20.3 Å². The molecule has 5 aromatic rings. The van der Waals surface area contributed by atoms with Crippen molar-refractivity contribution in [3.05, 3.63) is 130 Å². The zero-order valence-electron chi connectivity index (χ0n) is 37.2. The van der Waals surface area contributed by atoms with Crippen LogP contribution >= 0.6 is 0 Å². The van der Waals surface area contributed by atoms with E-state index in [4.69, 9.17) is 31.9 Å². The summed E-state index contributed by atoms with van der Waals surface area (Å²) in [7, 11) is -2.05. The minimum absolute atomic E-state index is 0.157. The first-order chi connectivity index (χ1) is 28.3. The zero-order valence-corrected chi connectivity index (χ0v) is 38.2. The van der Waals surface area contributed by atoms with Gasteiger partial charge >= 0.3 is 15.2 Å². The van der Waals surface area contributed by atoms with Gasteiger partial charge in [0.05, 0.1) is 36.1 Å². The van der Waals surface area contributed by atoms with E-state index in [1.54, 1.807) is 13.2 Å². The average Bonchev–Trinajstić information content (AvgIpc) is 3.40. The number of methoxy groups -OCH3 is 1. The van der Waals surface area contributed by atoms with Gasteiger partial charge in [-0.1, -0.05) is 74.5 Å². The summed E-state index contributed by atoms with van der Waals surface area (Å²) in [5, 5.41) is 1.77. The molecule has 0 N–H and O–H groups in total. The Bertz CT molecular complexity index is 2400. The lowest BCUT2D eigenvalue weighted by atomic mass is 9.76. The Kier molecular flexibility index (Phi) is 11.4. The molecule has 0 spiro atoms. The molecule has 61 heavy (non-hydrogen) atoms. The summed E-state index contributed by atoms with van der Waals surface area (Å²) >= 11 is 0. The summed E-state index contributed by atoms with van der Waals surface area (Å²) < 4.78 is 87.0. The quantitative estimate of drug-likeness (QED) is 0.0968. The van der Waals surface area contributed by atoms with Gasteiger partial charge in [-0.15, -0.1) is 0 Å². The van der Waals surface area contributed by atoms with E-state index >= 15 is 0 Å². The second kappa shape index (κ2) is 15.6. The van der Waals surface area contributed by atoms with Crippen LogP contribution in [-0.2, 0) is 34.9 Å². The highest BCUT2D eigenvalue weighted by Crippen LogP contribution is 2.58. The standard InChI is InChI=1S/C50H57F3O7Si/c1-45(2,3)58-61(59-46(4,5)6,60-47(7,8)9)56-30-29-55-36-24-19-33(20-25-36)49(32-17-22-35(54-12)23-18-32)28-27-40-43-42(37-15-13-14-16-38(37)44(40)57-49)39-26-21-34(50(51,52)53)31-41(39)48(43,10)11/h13-28,31H,29-30H2,1-12H3. The number of hydrogen-bond donors (Lipinski definition) is 0. The normalized spacial score (nSPS) is 17.4. The monoisotopic (exact) mass is 854 g/mol. The van der Waals surface area contributed by atoms with Gasteiger partial charge in [-0.05, 0) is 132 Å². The van der Waals surface area contributed by atoms with Gasteiger partial charge < -0.3 is 31.9 Å². The van der Waals surface area contributed by atoms with Gasteiger partial charge in [0.1, 0.15) is 23.9 Å². The lowest BCUT2D eigenvalue weighted by Crippen LogP contribution is -2.59. The van der Waals surface area contributed by atoms with Crippen molar-refractivity contribution in [1.82, 2.24) is 0 Å². The molecular formula is C50H57F3O7Si. The maximum Gasteiger partial charge on any atom is 0.681 e. The molecule has 324 valence electrons. The lowest BCUT2D eigenvalue weighted by molar-refractivity contribution is -0.138. The molecular weight excluding hydrogens is 798 g/mol. The van der Waals surface area contributed by atoms with Gasteiger partial charge in [-0.3, -0.25) is 0 Å². The molecule has 0 aromatic heterocycles. The smallest absolute Gasteiger partial charge is 0.497 e. The van der Waals surface area contributed by atoms with Crippen molar-refractivity contribution in [2.45, 2.75) is 110 Å². The van der Waals surface area contributed by atoms with E-state index in [-0.39, 0.29) is 13.2 Å². The van der Waals surface area contributed by atoms with Crippen molar-refractivity contribution in [1.29, 1.82) is 0 Å². The summed E-state index contributed by atoms with van der Waals surface area (Å²) in [4.78, 5) is 0. The number of halogens is 3. The van der Waals surface area contributed by atoms with Crippen LogP contribution in [0, 0.1) is 0 Å². The molecule has 0 bridgehead atoms. The van der Waals surface area contributed by atoms with Crippen molar-refractivity contribution in [2.24, 2.45) is 0 Å². The molecule has 1 heterocycles. The SMILES string of the molecule is COc1ccc(C2(c3ccc(OCCO[Si](OC(C)(C)C)(OC(C)(C)C)OC(C)(C)C)cc3)C=Cc3c4c(c5ccccc5c3O2)-c2ccc(C(F)(F)F)cc2C4(C)C)cc1. The zero-order chi connectivity index (χ0) is 44.4. The van der Waals surface area contributed by atoms with Crippen LogP contribution in [0.15, 0.2) is 97.1 Å². The predicted octanol–water partition coefficient (Wildman–Crippen LogP) is 12.8. The van der Waals surface area contributed by atoms with E-state index in [1.165, 1.54) is 12.1 Å². The van der Waals surface area contributed by atoms with Crippen LogP contribution in [0.5, 0.6) is 17.2 Å². The molecule has 7 nitrogen and oxygen atoms in total. The van der Waals surface area contributed by atoms with E-state index in [0.29, 0.717) is 22.8 Å². The van der Waals surface area contributed by atoms with Crippen molar-refractivity contribution in [3.63, 3.8) is 0 Å². The van der Waals surface area contributed by atoms with Crippen LogP contribution in [0.4, 0.5) is 13.2 Å². The molecule has 1 unspecified atom stereocenters. The van der Waals surface area contributed by atoms with Gasteiger partial charge in [-0.2, -0.15) is 13.2 Å². The van der Waals surface area contributed by atoms with E-state index in [0.717, 1.165) is 44.2 Å². The van der Waals surface area contributed by atoms with Gasteiger partial charge in [0.25, 0.3) is 0 Å². The second-order valence-electron chi connectivity index (χ2n) is 19.2. The first-order valence-corrected chi connectivity index (χ1v) is 22.3. The highest BCUT2D eigenvalue weighted by atomic mass is 28.4. The molecule has 0 radical (unpaired) electrons. The van der Waals surface area contributed by atoms with E-state index in [9.17, 15) is 13.2 Å². The minimum Gasteiger partial charge on any atom is -0.497 e. The summed E-state index contributed by atoms with van der Waals surface area (Å²) in [6.07, 6.45) is -0.350. The first-order valence-electron chi connectivity index (χ1n) is 20.7. The Hall–Kier alpha value is -4.65. The highest BCUT2D eigenvalue weighted by Gasteiger charge is 2.54. The molecule has 5 aromatic carbocycles. The maximum atomic E-state index is 14.0. The minimum atomic E-state index is -4.46. The van der Waals surface area contributed by atoms with Crippen molar-refractivity contribution >= 4 is 25.9 Å². The Morgan fingerprint density at radius 1 is 0.656 bits per heavy atom. The van der Waals surface area contributed by atoms with Gasteiger partial charge in [-0.25, -0.2) is 0 Å². The van der Waals surface area contributed by atoms with Crippen LogP contribution < -0.4 is 14.2 Å². The molecule has 7 rings (SSSR count). The fourth-order valence-corrected chi connectivity index (χ4v) is 11.2. The third kappa shape index (κ3) is 8.99. The summed E-state index contributed by atoms with van der Waals surface area (Å²) in [6.45, 7) is 21.9. The number of alkyl halides is 3. The highest BCUT2D eigenvalue weighted by molar-refractivity contribution is 6.54. The predicted molar refractivity (Wildman–Crippen MR) is 236 cm³/mol. The Balaban J connectivity index is 1.24. The van der Waals surface area contributed by atoms with E-state index in [1.807, 2.05) is 155 Å². The fourth-order valence-electron chi connectivity index (χ4n) is 8.33. The molecule has 1 atom stereocenters. The summed E-state index contributed by atoms with van der Waals surface area (Å²) in [5.74, 6) is 1.98. The molecule has 1 aliphatic heterocycles. The first kappa shape index (κ1) is 44.4. The van der Waals surface area contributed by atoms with E-state index in [2.05, 4.69) is 6.08 Å². The molecule has 11 heteroatoms. The number of benzene rings is 5. The number of ether oxygens (including phenoxy) is 3. The van der Waals surface area contributed by atoms with Crippen LogP contribution in [-0.4, -0.2) is 46.2 Å². The van der Waals surface area contributed by atoms with Gasteiger partial charge in [0.15, 0.2) is 5.60 Å². The van der Waals surface area contributed by atoms with Crippen LogP contribution in [0.25, 0.3) is 28.0 Å². The fraction of sp³-hybridized carbons (Fsp3) is 0.400. The molecule has 0 saturated carbocycles. The van der Waals surface area contributed by atoms with Crippen LogP contribution in [0.2, 0.25) is 0 Å². The molecule has 0 fully saturated rings. The van der Waals surface area contributed by atoms with E-state index < -0.39 is 48.6 Å². The average molecular weight is 855 g/mol. The summed E-state index contributed by atoms with van der Waals surface area (Å²) in [5.41, 5.74) is 1.54. The Labute approximate surface area is 359 Å². The molecule has 0 amide bonds.